The van der Waals surface area contributed by atoms with Gasteiger partial charge >= 0.3 is 0 Å². The van der Waals surface area contributed by atoms with Gasteiger partial charge in [-0.1, -0.05) is 60.1 Å². The van der Waals surface area contributed by atoms with Crippen LogP contribution in [0.2, 0.25) is 5.02 Å². The first kappa shape index (κ1) is 25.1. The summed E-state index contributed by atoms with van der Waals surface area (Å²) in [6, 6.07) is 22.6. The van der Waals surface area contributed by atoms with E-state index in [4.69, 9.17) is 16.0 Å². The minimum atomic E-state index is -0.236. The average Bonchev–Trinajstić information content (AvgIpc) is 2.94. The Morgan fingerprint density at radius 2 is 1.68 bits per heavy atom. The minimum absolute atomic E-state index is 0.120. The van der Waals surface area contributed by atoms with Gasteiger partial charge in [-0.2, -0.15) is 0 Å². The highest BCUT2D eigenvalue weighted by Gasteiger charge is 2.20. The molecular formula is C30H30ClN3O3. The lowest BCUT2D eigenvalue weighted by Gasteiger charge is -2.36. The standard InChI is InChI=1S/C30H30ClN3O3/c1-21-27(35)23-11-7-12-24(29(23)37-28(21)22-9-3-2-4-10-22)30(36)32-15-8-16-33-17-19-34(20-18-33)26-14-6-5-13-25(26)31/h2-7,9-14H,8,15-20H2,1H3,(H,32,36). The molecular weight excluding hydrogens is 486 g/mol. The summed E-state index contributed by atoms with van der Waals surface area (Å²) in [6.45, 7) is 6.96. The lowest BCUT2D eigenvalue weighted by atomic mass is 10.0. The van der Waals surface area contributed by atoms with E-state index in [2.05, 4.69) is 21.2 Å². The molecule has 0 bridgehead atoms. The molecule has 0 spiro atoms. The number of fused-ring (bicyclic) bond motifs is 1. The zero-order chi connectivity index (χ0) is 25.8. The molecule has 0 radical (unpaired) electrons. The van der Waals surface area contributed by atoms with Crippen LogP contribution in [0.25, 0.3) is 22.3 Å². The van der Waals surface area contributed by atoms with Crippen molar-refractivity contribution in [2.45, 2.75) is 13.3 Å². The number of nitrogens with one attached hydrogen (secondary N) is 1. The molecule has 3 aromatic carbocycles. The summed E-state index contributed by atoms with van der Waals surface area (Å²) in [5.41, 5.74) is 3.01. The Morgan fingerprint density at radius 3 is 2.43 bits per heavy atom. The predicted octanol–water partition coefficient (Wildman–Crippen LogP) is 5.36. The Hall–Kier alpha value is -3.61. The first-order valence-electron chi connectivity index (χ1n) is 12.6. The molecule has 1 fully saturated rings. The van der Waals surface area contributed by atoms with Gasteiger partial charge in [0.05, 0.1) is 21.7 Å². The number of hydrogen-bond acceptors (Lipinski definition) is 5. The Bertz CT molecular complexity index is 1460. The van der Waals surface area contributed by atoms with Crippen LogP contribution in [0.4, 0.5) is 5.69 Å². The molecule has 37 heavy (non-hydrogen) atoms. The van der Waals surface area contributed by atoms with Gasteiger partial charge in [0.25, 0.3) is 5.91 Å². The normalized spacial score (nSPS) is 14.2. The number of piperazine rings is 1. The molecule has 0 atom stereocenters. The average molecular weight is 516 g/mol. The van der Waals surface area contributed by atoms with Crippen LogP contribution < -0.4 is 15.6 Å². The van der Waals surface area contributed by atoms with Crippen LogP contribution in [0.1, 0.15) is 22.3 Å². The summed E-state index contributed by atoms with van der Waals surface area (Å²) < 4.78 is 6.19. The van der Waals surface area contributed by atoms with Gasteiger partial charge in [0.15, 0.2) is 11.0 Å². The number of carbonyl (C=O) groups excluding carboxylic acids is 1. The first-order valence-corrected chi connectivity index (χ1v) is 13.0. The lowest BCUT2D eigenvalue weighted by molar-refractivity contribution is 0.0952. The maximum absolute atomic E-state index is 13.1. The van der Waals surface area contributed by atoms with E-state index in [9.17, 15) is 9.59 Å². The van der Waals surface area contributed by atoms with Crippen molar-refractivity contribution in [1.82, 2.24) is 10.2 Å². The Labute approximate surface area is 221 Å². The molecule has 1 amide bonds. The molecule has 0 saturated carbocycles. The van der Waals surface area contributed by atoms with Gasteiger partial charge in [-0.15, -0.1) is 0 Å². The van der Waals surface area contributed by atoms with Gasteiger partial charge in [0, 0.05) is 43.9 Å². The van der Waals surface area contributed by atoms with Gasteiger partial charge in [-0.05, 0) is 44.2 Å². The SMILES string of the molecule is Cc1c(-c2ccccc2)oc2c(C(=O)NCCCN3CCN(c4ccccc4Cl)CC3)cccc2c1=O. The van der Waals surface area contributed by atoms with Crippen LogP contribution in [-0.2, 0) is 0 Å². The van der Waals surface area contributed by atoms with Crippen molar-refractivity contribution in [3.63, 3.8) is 0 Å². The van der Waals surface area contributed by atoms with Crippen LogP contribution >= 0.6 is 11.6 Å². The van der Waals surface area contributed by atoms with E-state index < -0.39 is 0 Å². The van der Waals surface area contributed by atoms with Crippen molar-refractivity contribution in [2.75, 3.05) is 44.2 Å². The topological polar surface area (TPSA) is 65.8 Å². The van der Waals surface area contributed by atoms with Crippen molar-refractivity contribution in [3.05, 3.63) is 99.2 Å². The maximum atomic E-state index is 13.1. The second-order valence-electron chi connectivity index (χ2n) is 9.32. The van der Waals surface area contributed by atoms with E-state index in [1.165, 1.54) is 0 Å². The number of halogens is 1. The lowest BCUT2D eigenvalue weighted by Crippen LogP contribution is -2.47. The number of para-hydroxylation sites is 2. The van der Waals surface area contributed by atoms with Crippen molar-refractivity contribution < 1.29 is 9.21 Å². The molecule has 1 aliphatic heterocycles. The fourth-order valence-electron chi connectivity index (χ4n) is 4.87. The highest BCUT2D eigenvalue weighted by atomic mass is 35.5. The van der Waals surface area contributed by atoms with E-state index in [1.54, 1.807) is 25.1 Å². The summed E-state index contributed by atoms with van der Waals surface area (Å²) in [4.78, 5) is 30.9. The molecule has 7 heteroatoms. The van der Waals surface area contributed by atoms with E-state index in [0.717, 1.165) is 55.4 Å². The zero-order valence-electron chi connectivity index (χ0n) is 20.9. The van der Waals surface area contributed by atoms with Crippen molar-refractivity contribution in [2.24, 2.45) is 0 Å². The fourth-order valence-corrected chi connectivity index (χ4v) is 5.13. The molecule has 1 aliphatic rings. The van der Waals surface area contributed by atoms with Crippen molar-refractivity contribution in [1.29, 1.82) is 0 Å². The largest absolute Gasteiger partial charge is 0.455 e. The number of nitrogens with zero attached hydrogens (tertiary/aromatic N) is 2. The third-order valence-electron chi connectivity index (χ3n) is 6.93. The summed E-state index contributed by atoms with van der Waals surface area (Å²) in [7, 11) is 0. The van der Waals surface area contributed by atoms with Gasteiger partial charge in [0.2, 0.25) is 0 Å². The Balaban J connectivity index is 1.20. The van der Waals surface area contributed by atoms with Crippen LogP contribution in [0.3, 0.4) is 0 Å². The Morgan fingerprint density at radius 1 is 0.946 bits per heavy atom. The number of amides is 1. The summed E-state index contributed by atoms with van der Waals surface area (Å²) in [5.74, 6) is 0.259. The zero-order valence-corrected chi connectivity index (χ0v) is 21.6. The first-order chi connectivity index (χ1) is 18.0. The third kappa shape index (κ3) is 5.41. The molecule has 0 aliphatic carbocycles. The smallest absolute Gasteiger partial charge is 0.255 e. The molecule has 6 nitrogen and oxygen atoms in total. The Kier molecular flexibility index (Phi) is 7.58. The number of anilines is 1. The van der Waals surface area contributed by atoms with Crippen molar-refractivity contribution in [3.8, 4) is 11.3 Å². The molecule has 0 unspecified atom stereocenters. The van der Waals surface area contributed by atoms with E-state index in [0.29, 0.717) is 34.4 Å². The molecule has 1 saturated heterocycles. The molecule has 4 aromatic rings. The van der Waals surface area contributed by atoms with Crippen LogP contribution in [0, 0.1) is 6.92 Å². The van der Waals surface area contributed by atoms with E-state index in [1.807, 2.05) is 48.5 Å². The highest BCUT2D eigenvalue weighted by molar-refractivity contribution is 6.33. The fraction of sp³-hybridized carbons (Fsp3) is 0.267. The van der Waals surface area contributed by atoms with E-state index >= 15 is 0 Å². The predicted molar refractivity (Wildman–Crippen MR) is 150 cm³/mol. The van der Waals surface area contributed by atoms with Gasteiger partial charge in [0.1, 0.15) is 5.76 Å². The summed E-state index contributed by atoms with van der Waals surface area (Å²) in [6.07, 6.45) is 0.834. The molecule has 5 rings (SSSR count). The third-order valence-corrected chi connectivity index (χ3v) is 7.25. The number of hydrogen-bond donors (Lipinski definition) is 1. The van der Waals surface area contributed by atoms with Crippen LogP contribution in [-0.4, -0.2) is 50.1 Å². The second-order valence-corrected chi connectivity index (χ2v) is 9.73. The van der Waals surface area contributed by atoms with Crippen molar-refractivity contribution >= 4 is 34.2 Å². The summed E-state index contributed by atoms with van der Waals surface area (Å²) >= 11 is 6.35. The molecule has 1 N–H and O–H groups in total. The van der Waals surface area contributed by atoms with Crippen LogP contribution in [0.5, 0.6) is 0 Å². The van der Waals surface area contributed by atoms with Crippen LogP contribution in [0.15, 0.2) is 82.0 Å². The quantitative estimate of drug-likeness (QED) is 0.335. The van der Waals surface area contributed by atoms with E-state index in [-0.39, 0.29) is 11.3 Å². The number of benzene rings is 3. The minimum Gasteiger partial charge on any atom is -0.455 e. The maximum Gasteiger partial charge on any atom is 0.255 e. The molecule has 190 valence electrons. The van der Waals surface area contributed by atoms with Gasteiger partial charge < -0.3 is 14.6 Å². The monoisotopic (exact) mass is 515 g/mol. The molecule has 1 aromatic heterocycles. The van der Waals surface area contributed by atoms with Gasteiger partial charge in [-0.3, -0.25) is 14.5 Å². The number of rotatable bonds is 7. The highest BCUT2D eigenvalue weighted by Crippen LogP contribution is 2.28. The molecule has 2 heterocycles. The summed E-state index contributed by atoms with van der Waals surface area (Å²) in [5, 5.41) is 4.21. The second kappa shape index (κ2) is 11.2. The number of carbonyl (C=O) groups is 1. The van der Waals surface area contributed by atoms with Gasteiger partial charge in [-0.25, -0.2) is 0 Å².